The molecule has 1 unspecified atom stereocenters. The van der Waals surface area contributed by atoms with Crippen LogP contribution in [0.1, 0.15) is 24.0 Å². The molecule has 0 bridgehead atoms. The Morgan fingerprint density at radius 1 is 1.10 bits per heavy atom. The molecule has 0 saturated carbocycles. The van der Waals surface area contributed by atoms with E-state index in [1.54, 1.807) is 0 Å². The summed E-state index contributed by atoms with van der Waals surface area (Å²) in [5.74, 6) is -1.66. The van der Waals surface area contributed by atoms with E-state index in [-0.39, 0.29) is 0 Å². The molecule has 4 nitrogen and oxygen atoms in total. The predicted molar refractivity (Wildman–Crippen MR) is 119 cm³/mol. The van der Waals surface area contributed by atoms with Crippen molar-refractivity contribution in [2.24, 2.45) is 0 Å². The van der Waals surface area contributed by atoms with Crippen molar-refractivity contribution < 1.29 is 23.1 Å². The third kappa shape index (κ3) is 5.07. The average Bonchev–Trinajstić information content (AvgIpc) is 3.06. The molecule has 1 atom stereocenters. The van der Waals surface area contributed by atoms with Crippen LogP contribution in [-0.2, 0) is 11.2 Å². The van der Waals surface area contributed by atoms with Crippen LogP contribution in [0.3, 0.4) is 0 Å². The van der Waals surface area contributed by atoms with Gasteiger partial charge in [-0.1, -0.05) is 71.4 Å². The SMILES string of the molecule is CC1CN(C(=N)Cc2ccccc2)c2ccc3c(Br)cccc3c21.O=C(O)C(F)(F)F. The zero-order chi connectivity index (χ0) is 22.8. The van der Waals surface area contributed by atoms with Crippen LogP contribution < -0.4 is 4.90 Å². The first kappa shape index (κ1) is 22.8. The number of benzene rings is 3. The monoisotopic (exact) mass is 492 g/mol. The Morgan fingerprint density at radius 2 is 1.74 bits per heavy atom. The van der Waals surface area contributed by atoms with Crippen LogP contribution in [0.15, 0.2) is 65.1 Å². The number of carbonyl (C=O) groups is 1. The number of fused-ring (bicyclic) bond motifs is 3. The lowest BCUT2D eigenvalue weighted by molar-refractivity contribution is -0.192. The number of amidine groups is 1. The van der Waals surface area contributed by atoms with E-state index in [2.05, 4.69) is 70.2 Å². The lowest BCUT2D eigenvalue weighted by Crippen LogP contribution is -2.30. The Kier molecular flexibility index (Phi) is 6.69. The van der Waals surface area contributed by atoms with Crippen molar-refractivity contribution in [2.45, 2.75) is 25.4 Å². The molecule has 0 radical (unpaired) electrons. The minimum Gasteiger partial charge on any atom is -0.475 e. The van der Waals surface area contributed by atoms with Crippen molar-refractivity contribution in [1.82, 2.24) is 0 Å². The first-order valence-electron chi connectivity index (χ1n) is 9.49. The second-order valence-electron chi connectivity index (χ2n) is 7.26. The average molecular weight is 493 g/mol. The van der Waals surface area contributed by atoms with Gasteiger partial charge in [-0.2, -0.15) is 13.2 Å². The van der Waals surface area contributed by atoms with Crippen molar-refractivity contribution >= 4 is 44.2 Å². The summed E-state index contributed by atoms with van der Waals surface area (Å²) in [6.45, 7) is 3.14. The molecule has 162 valence electrons. The highest BCUT2D eigenvalue weighted by molar-refractivity contribution is 9.10. The van der Waals surface area contributed by atoms with Crippen LogP contribution in [0, 0.1) is 5.41 Å². The molecule has 0 aliphatic carbocycles. The van der Waals surface area contributed by atoms with E-state index >= 15 is 0 Å². The van der Waals surface area contributed by atoms with Gasteiger partial charge in [-0.15, -0.1) is 0 Å². The summed E-state index contributed by atoms with van der Waals surface area (Å²) in [4.78, 5) is 11.1. The smallest absolute Gasteiger partial charge is 0.475 e. The van der Waals surface area contributed by atoms with Crippen LogP contribution in [0.25, 0.3) is 10.8 Å². The second-order valence-corrected chi connectivity index (χ2v) is 8.11. The third-order valence-corrected chi connectivity index (χ3v) is 5.74. The van der Waals surface area contributed by atoms with E-state index in [0.717, 1.165) is 11.0 Å². The van der Waals surface area contributed by atoms with Gasteiger partial charge in [0.2, 0.25) is 0 Å². The number of nitrogens with zero attached hydrogens (tertiary/aromatic N) is 1. The molecule has 8 heteroatoms. The first-order valence-corrected chi connectivity index (χ1v) is 10.3. The molecule has 0 aromatic heterocycles. The summed E-state index contributed by atoms with van der Waals surface area (Å²) in [5.41, 5.74) is 3.74. The maximum Gasteiger partial charge on any atom is 0.490 e. The minimum atomic E-state index is -5.08. The van der Waals surface area contributed by atoms with Gasteiger partial charge in [0.25, 0.3) is 0 Å². The fraction of sp³-hybridized carbons (Fsp3) is 0.217. The molecular formula is C23H20BrF3N2O2. The number of carboxylic acid groups (broad SMARTS) is 1. The number of carboxylic acids is 1. The molecule has 0 fully saturated rings. The van der Waals surface area contributed by atoms with Gasteiger partial charge in [0, 0.05) is 29.0 Å². The summed E-state index contributed by atoms with van der Waals surface area (Å²) in [6, 6.07) is 21.0. The standard InChI is InChI=1S/C21H19BrN2.C2HF3O2/c1-14-13-24(20(23)12-15-6-3-2-4-7-15)19-11-10-16-17(21(14)19)8-5-9-18(16)22;3-2(4,5)1(6)7/h2-11,14,23H,12-13H2,1H3;(H,6,7). The molecule has 0 amide bonds. The Hall–Kier alpha value is -2.87. The van der Waals surface area contributed by atoms with Crippen molar-refractivity contribution in [2.75, 3.05) is 11.4 Å². The zero-order valence-corrected chi connectivity index (χ0v) is 18.2. The molecule has 3 aromatic carbocycles. The number of hydrogen-bond acceptors (Lipinski definition) is 2. The minimum absolute atomic E-state index is 0.425. The first-order chi connectivity index (χ1) is 14.6. The lowest BCUT2D eigenvalue weighted by Gasteiger charge is -2.21. The van der Waals surface area contributed by atoms with Crippen molar-refractivity contribution in [3.05, 3.63) is 76.3 Å². The fourth-order valence-corrected chi connectivity index (χ4v) is 4.19. The van der Waals surface area contributed by atoms with Crippen LogP contribution in [0.2, 0.25) is 0 Å². The number of halogens is 4. The molecule has 3 aromatic rings. The molecule has 2 N–H and O–H groups in total. The second kappa shape index (κ2) is 9.09. The van der Waals surface area contributed by atoms with Gasteiger partial charge in [-0.3, -0.25) is 5.41 Å². The zero-order valence-electron chi connectivity index (χ0n) is 16.6. The summed E-state index contributed by atoms with van der Waals surface area (Å²) in [5, 5.41) is 18.3. The van der Waals surface area contributed by atoms with E-state index in [0.29, 0.717) is 18.2 Å². The molecule has 4 rings (SSSR count). The molecule has 1 aliphatic rings. The van der Waals surface area contributed by atoms with Crippen LogP contribution in [-0.4, -0.2) is 29.6 Å². The maximum absolute atomic E-state index is 10.6. The molecule has 1 aliphatic heterocycles. The predicted octanol–water partition coefficient (Wildman–Crippen LogP) is 6.38. The third-order valence-electron chi connectivity index (χ3n) is 5.05. The van der Waals surface area contributed by atoms with Crippen molar-refractivity contribution in [3.8, 4) is 0 Å². The largest absolute Gasteiger partial charge is 0.490 e. The fourth-order valence-electron chi connectivity index (χ4n) is 3.69. The van der Waals surface area contributed by atoms with Gasteiger partial charge in [0.1, 0.15) is 5.84 Å². The summed E-state index contributed by atoms with van der Waals surface area (Å²) in [6.07, 6.45) is -4.41. The van der Waals surface area contributed by atoms with Crippen LogP contribution >= 0.6 is 15.9 Å². The summed E-state index contributed by atoms with van der Waals surface area (Å²) < 4.78 is 32.9. The van der Waals surface area contributed by atoms with Gasteiger partial charge in [-0.05, 0) is 34.0 Å². The Labute approximate surface area is 185 Å². The van der Waals surface area contributed by atoms with Gasteiger partial charge in [0.15, 0.2) is 0 Å². The van der Waals surface area contributed by atoms with Gasteiger partial charge in [0.05, 0.1) is 0 Å². The maximum atomic E-state index is 10.6. The highest BCUT2D eigenvalue weighted by atomic mass is 79.9. The number of nitrogens with one attached hydrogen (secondary N) is 1. The van der Waals surface area contributed by atoms with E-state index in [9.17, 15) is 13.2 Å². The van der Waals surface area contributed by atoms with Crippen molar-refractivity contribution in [1.29, 1.82) is 5.41 Å². The van der Waals surface area contributed by atoms with Crippen LogP contribution in [0.5, 0.6) is 0 Å². The number of alkyl halides is 3. The topological polar surface area (TPSA) is 64.4 Å². The van der Waals surface area contributed by atoms with Gasteiger partial charge < -0.3 is 10.0 Å². The number of hydrogen-bond donors (Lipinski definition) is 2. The normalized spacial score (nSPS) is 15.3. The molecule has 0 saturated heterocycles. The Balaban J connectivity index is 0.000000339. The number of rotatable bonds is 2. The van der Waals surface area contributed by atoms with E-state index in [1.165, 1.54) is 27.6 Å². The van der Waals surface area contributed by atoms with Gasteiger partial charge in [-0.25, -0.2) is 4.79 Å². The van der Waals surface area contributed by atoms with E-state index in [4.69, 9.17) is 15.3 Å². The van der Waals surface area contributed by atoms with E-state index < -0.39 is 12.1 Å². The van der Waals surface area contributed by atoms with Crippen LogP contribution in [0.4, 0.5) is 18.9 Å². The van der Waals surface area contributed by atoms with Gasteiger partial charge >= 0.3 is 12.1 Å². The summed E-state index contributed by atoms with van der Waals surface area (Å²) >= 11 is 3.66. The highest BCUT2D eigenvalue weighted by Gasteiger charge is 2.38. The summed E-state index contributed by atoms with van der Waals surface area (Å²) in [7, 11) is 0. The number of anilines is 1. The Bertz CT molecular complexity index is 1120. The van der Waals surface area contributed by atoms with E-state index in [1.807, 2.05) is 18.2 Å². The molecule has 0 spiro atoms. The molecular weight excluding hydrogens is 473 g/mol. The molecule has 1 heterocycles. The Morgan fingerprint density at radius 3 is 2.35 bits per heavy atom. The lowest BCUT2D eigenvalue weighted by atomic mass is 9.96. The quantitative estimate of drug-likeness (QED) is 0.322. The van der Waals surface area contributed by atoms with Crippen molar-refractivity contribution in [3.63, 3.8) is 0 Å². The number of aliphatic carboxylic acids is 1. The highest BCUT2D eigenvalue weighted by Crippen LogP contribution is 2.42. The molecule has 31 heavy (non-hydrogen) atoms.